The molecule has 0 aliphatic carbocycles. The number of aromatic nitrogens is 1. The molecule has 1 aromatic heterocycles. The van der Waals surface area contributed by atoms with E-state index in [1.165, 1.54) is 11.3 Å². The molecule has 0 aliphatic heterocycles. The number of nitrogens with zero attached hydrogens (tertiary/aromatic N) is 3. The molecule has 1 heterocycles. The maximum absolute atomic E-state index is 6.04. The average molecular weight is 464 g/mol. The van der Waals surface area contributed by atoms with Gasteiger partial charge in [-0.1, -0.05) is 54.1 Å². The van der Waals surface area contributed by atoms with Gasteiger partial charge in [-0.05, 0) is 41.5 Å². The molecule has 0 spiro atoms. The van der Waals surface area contributed by atoms with Crippen LogP contribution in [0, 0.1) is 0 Å². The maximum atomic E-state index is 6.04. The zero-order valence-corrected chi connectivity index (χ0v) is 19.3. The molecule has 0 atom stereocenters. The fourth-order valence-electron chi connectivity index (χ4n) is 3.12. The molecule has 0 saturated carbocycles. The molecule has 0 radical (unpaired) electrons. The van der Waals surface area contributed by atoms with Crippen molar-refractivity contribution in [1.29, 1.82) is 0 Å². The number of hydrogen-bond acceptors (Lipinski definition) is 5. The summed E-state index contributed by atoms with van der Waals surface area (Å²) in [7, 11) is 3.39. The monoisotopic (exact) mass is 463 g/mol. The van der Waals surface area contributed by atoms with E-state index in [0.717, 1.165) is 27.2 Å². The van der Waals surface area contributed by atoms with Crippen LogP contribution in [0.4, 0.5) is 0 Å². The number of thiazole rings is 1. The lowest BCUT2D eigenvalue weighted by molar-refractivity contribution is 0.284. The van der Waals surface area contributed by atoms with Gasteiger partial charge in [0.2, 0.25) is 4.80 Å². The van der Waals surface area contributed by atoms with Crippen LogP contribution in [0.1, 0.15) is 11.1 Å². The van der Waals surface area contributed by atoms with Gasteiger partial charge in [-0.2, -0.15) is 5.10 Å². The van der Waals surface area contributed by atoms with Crippen LogP contribution >= 0.6 is 22.9 Å². The zero-order chi connectivity index (χ0) is 22.3. The van der Waals surface area contributed by atoms with Gasteiger partial charge in [-0.3, -0.25) is 4.99 Å². The minimum atomic E-state index is 0.473. The maximum Gasteiger partial charge on any atom is 0.205 e. The predicted molar refractivity (Wildman–Crippen MR) is 131 cm³/mol. The van der Waals surface area contributed by atoms with Crippen LogP contribution in [0.2, 0.25) is 5.02 Å². The molecule has 32 heavy (non-hydrogen) atoms. The molecule has 0 fully saturated rings. The van der Waals surface area contributed by atoms with Crippen LogP contribution in [-0.2, 0) is 6.61 Å². The Morgan fingerprint density at radius 1 is 1.00 bits per heavy atom. The molecule has 0 unspecified atom stereocenters. The Kier molecular flexibility index (Phi) is 7.04. The van der Waals surface area contributed by atoms with Gasteiger partial charge >= 0.3 is 0 Å². The molecule has 4 rings (SSSR count). The summed E-state index contributed by atoms with van der Waals surface area (Å²) in [6.45, 7) is 0.473. The predicted octanol–water partition coefficient (Wildman–Crippen LogP) is 5.87. The summed E-state index contributed by atoms with van der Waals surface area (Å²) in [5, 5.41) is 7.41. The highest BCUT2D eigenvalue weighted by Crippen LogP contribution is 2.28. The standard InChI is InChI=1S/C25H22ClN3O2S/c1-27-25-29(22(17-32-25)20-9-11-21(26)12-10-20)28-15-19-8-13-23(24(14-19)30-2)31-16-18-6-4-3-5-7-18/h3-15,17H,16H2,1-2H3. The van der Waals surface area contributed by atoms with Crippen LogP contribution in [0.15, 0.2) is 88.3 Å². The Balaban J connectivity index is 1.58. The van der Waals surface area contributed by atoms with Crippen molar-refractivity contribution in [1.82, 2.24) is 4.68 Å². The molecular weight excluding hydrogens is 442 g/mol. The molecule has 0 N–H and O–H groups in total. The Hall–Kier alpha value is -3.35. The van der Waals surface area contributed by atoms with Crippen molar-refractivity contribution < 1.29 is 9.47 Å². The van der Waals surface area contributed by atoms with Gasteiger partial charge in [-0.15, -0.1) is 11.3 Å². The highest BCUT2D eigenvalue weighted by molar-refractivity contribution is 7.07. The van der Waals surface area contributed by atoms with Gasteiger partial charge in [0.15, 0.2) is 11.5 Å². The van der Waals surface area contributed by atoms with Crippen LogP contribution in [0.25, 0.3) is 11.3 Å². The van der Waals surface area contributed by atoms with E-state index in [4.69, 9.17) is 21.1 Å². The van der Waals surface area contributed by atoms with Crippen LogP contribution < -0.4 is 14.3 Å². The van der Waals surface area contributed by atoms with E-state index in [2.05, 4.69) is 10.1 Å². The molecule has 5 nitrogen and oxygen atoms in total. The lowest BCUT2D eigenvalue weighted by Gasteiger charge is -2.11. The van der Waals surface area contributed by atoms with E-state index in [1.807, 2.05) is 82.9 Å². The third-order valence-corrected chi connectivity index (χ3v) is 5.92. The molecule has 3 aromatic carbocycles. The number of hydrogen-bond donors (Lipinski definition) is 0. The van der Waals surface area contributed by atoms with Gasteiger partial charge in [0, 0.05) is 23.0 Å². The lowest BCUT2D eigenvalue weighted by Crippen LogP contribution is -2.11. The first-order valence-corrected chi connectivity index (χ1v) is 11.2. The molecule has 0 bridgehead atoms. The zero-order valence-electron chi connectivity index (χ0n) is 17.7. The highest BCUT2D eigenvalue weighted by Gasteiger charge is 2.08. The summed E-state index contributed by atoms with van der Waals surface area (Å²) < 4.78 is 13.3. The Morgan fingerprint density at radius 3 is 2.50 bits per heavy atom. The van der Waals surface area contributed by atoms with E-state index in [1.54, 1.807) is 20.4 Å². The molecule has 0 saturated heterocycles. The van der Waals surface area contributed by atoms with Crippen molar-refractivity contribution in [2.24, 2.45) is 10.1 Å². The number of benzene rings is 3. The number of methoxy groups -OCH3 is 1. The van der Waals surface area contributed by atoms with E-state index in [9.17, 15) is 0 Å². The summed E-state index contributed by atoms with van der Waals surface area (Å²) in [4.78, 5) is 5.14. The highest BCUT2D eigenvalue weighted by atomic mass is 35.5. The third-order valence-electron chi connectivity index (χ3n) is 4.76. The Morgan fingerprint density at radius 2 is 1.78 bits per heavy atom. The summed E-state index contributed by atoms with van der Waals surface area (Å²) in [6, 6.07) is 23.4. The minimum Gasteiger partial charge on any atom is -0.493 e. The quantitative estimate of drug-likeness (QED) is 0.322. The first-order chi connectivity index (χ1) is 15.7. The molecule has 0 amide bonds. The van der Waals surface area contributed by atoms with Gasteiger partial charge in [-0.25, -0.2) is 4.68 Å². The summed E-state index contributed by atoms with van der Waals surface area (Å²) in [5.41, 5.74) is 3.94. The van der Waals surface area contributed by atoms with Gasteiger partial charge in [0.05, 0.1) is 19.0 Å². The second-order valence-electron chi connectivity index (χ2n) is 6.87. The summed E-state index contributed by atoms with van der Waals surface area (Å²) in [6.07, 6.45) is 1.78. The lowest BCUT2D eigenvalue weighted by atomic mass is 10.2. The average Bonchev–Trinajstić information content (AvgIpc) is 3.25. The van der Waals surface area contributed by atoms with Crippen molar-refractivity contribution >= 4 is 29.2 Å². The van der Waals surface area contributed by atoms with Crippen molar-refractivity contribution in [2.45, 2.75) is 6.61 Å². The topological polar surface area (TPSA) is 48.1 Å². The molecule has 0 aliphatic rings. The largest absolute Gasteiger partial charge is 0.493 e. The third kappa shape index (κ3) is 5.10. The van der Waals surface area contributed by atoms with Crippen LogP contribution in [-0.4, -0.2) is 25.0 Å². The van der Waals surface area contributed by atoms with Crippen LogP contribution in [0.5, 0.6) is 11.5 Å². The van der Waals surface area contributed by atoms with E-state index in [0.29, 0.717) is 23.1 Å². The van der Waals surface area contributed by atoms with Gasteiger partial charge in [0.1, 0.15) is 6.61 Å². The van der Waals surface area contributed by atoms with E-state index in [-0.39, 0.29) is 0 Å². The van der Waals surface area contributed by atoms with Crippen molar-refractivity contribution in [2.75, 3.05) is 14.2 Å². The SMILES string of the molecule is CN=c1scc(-c2ccc(Cl)cc2)n1N=Cc1ccc(OCc2ccccc2)c(OC)c1. The Labute approximate surface area is 195 Å². The van der Waals surface area contributed by atoms with Crippen molar-refractivity contribution in [3.8, 4) is 22.8 Å². The number of ether oxygens (including phenoxy) is 2. The first kappa shape index (κ1) is 21.9. The van der Waals surface area contributed by atoms with Gasteiger partial charge in [0.25, 0.3) is 0 Å². The van der Waals surface area contributed by atoms with E-state index < -0.39 is 0 Å². The molecule has 4 aromatic rings. The van der Waals surface area contributed by atoms with E-state index >= 15 is 0 Å². The van der Waals surface area contributed by atoms with Crippen molar-refractivity contribution in [3.05, 3.63) is 99.1 Å². The molecular formula is C25H22ClN3O2S. The Bertz CT molecular complexity index is 1280. The second kappa shape index (κ2) is 10.3. The number of halogens is 1. The van der Waals surface area contributed by atoms with Crippen molar-refractivity contribution in [3.63, 3.8) is 0 Å². The second-order valence-corrected chi connectivity index (χ2v) is 8.15. The fraction of sp³-hybridized carbons (Fsp3) is 0.120. The summed E-state index contributed by atoms with van der Waals surface area (Å²) in [5.74, 6) is 1.33. The van der Waals surface area contributed by atoms with Gasteiger partial charge < -0.3 is 9.47 Å². The van der Waals surface area contributed by atoms with Crippen LogP contribution in [0.3, 0.4) is 0 Å². The minimum absolute atomic E-state index is 0.473. The first-order valence-electron chi connectivity index (χ1n) is 9.96. The fourth-order valence-corrected chi connectivity index (χ4v) is 4.05. The smallest absolute Gasteiger partial charge is 0.205 e. The summed E-state index contributed by atoms with van der Waals surface area (Å²) >= 11 is 7.57. The number of rotatable bonds is 7. The molecule has 162 valence electrons. The molecule has 7 heteroatoms. The normalized spacial score (nSPS) is 11.8.